The number of guanidine groups is 1. The smallest absolute Gasteiger partial charge is 0.229 e. The summed E-state index contributed by atoms with van der Waals surface area (Å²) in [5.41, 5.74) is 2.40. The molecule has 0 aliphatic rings. The number of hydrogen-bond acceptors (Lipinski definition) is 4. The minimum Gasteiger partial charge on any atom is -0.356 e. The molecule has 26 heavy (non-hydrogen) atoms. The maximum absolute atomic E-state index is 11.4. The molecule has 1 heterocycles. The van der Waals surface area contributed by atoms with Crippen molar-refractivity contribution in [1.29, 1.82) is 0 Å². The summed E-state index contributed by atoms with van der Waals surface area (Å²) in [7, 11) is -1.63. The first kappa shape index (κ1) is 22.2. The Morgan fingerprint density at radius 2 is 1.85 bits per heavy atom. The van der Waals surface area contributed by atoms with Crippen molar-refractivity contribution < 1.29 is 8.42 Å². The summed E-state index contributed by atoms with van der Waals surface area (Å²) in [6, 6.07) is 13.1. The average molecular weight is 489 g/mol. The van der Waals surface area contributed by atoms with E-state index in [1.807, 2.05) is 30.3 Å². The van der Waals surface area contributed by atoms with Crippen LogP contribution in [-0.2, 0) is 23.0 Å². The van der Waals surface area contributed by atoms with Crippen molar-refractivity contribution in [2.45, 2.75) is 13.0 Å². The van der Waals surface area contributed by atoms with Crippen molar-refractivity contribution >= 4 is 45.6 Å². The standard InChI is InChI=1S/C17H23N5O2S.HI/c1-18-17(20-12-10-15-8-5-6-11-19-15)21-13-14-7-3-4-9-16(14)22-25(2,23)24;/h3-9,11,22H,10,12-13H2,1-2H3,(H2,18,20,21);1H. The molecule has 0 radical (unpaired) electrons. The van der Waals surface area contributed by atoms with E-state index in [-0.39, 0.29) is 24.0 Å². The Kier molecular flexibility index (Phi) is 9.35. The summed E-state index contributed by atoms with van der Waals surface area (Å²) in [4.78, 5) is 8.45. The van der Waals surface area contributed by atoms with Crippen LogP contribution >= 0.6 is 24.0 Å². The predicted octanol–water partition coefficient (Wildman–Crippen LogP) is 1.98. The molecule has 142 valence electrons. The van der Waals surface area contributed by atoms with Gasteiger partial charge in [0.15, 0.2) is 5.96 Å². The van der Waals surface area contributed by atoms with E-state index >= 15 is 0 Å². The van der Waals surface area contributed by atoms with Gasteiger partial charge < -0.3 is 10.6 Å². The molecule has 0 fully saturated rings. The van der Waals surface area contributed by atoms with Crippen LogP contribution in [0.2, 0.25) is 0 Å². The summed E-state index contributed by atoms with van der Waals surface area (Å²) in [5, 5.41) is 6.40. The van der Waals surface area contributed by atoms with Crippen LogP contribution in [0, 0.1) is 0 Å². The fraction of sp³-hybridized carbons (Fsp3) is 0.294. The quantitative estimate of drug-likeness (QED) is 0.314. The molecule has 0 amide bonds. The number of halogens is 1. The van der Waals surface area contributed by atoms with Crippen molar-refractivity contribution in [3.63, 3.8) is 0 Å². The SMILES string of the molecule is CN=C(NCCc1ccccn1)NCc1ccccc1NS(C)(=O)=O.I. The first-order chi connectivity index (χ1) is 12.0. The van der Waals surface area contributed by atoms with Gasteiger partial charge in [0.05, 0.1) is 11.9 Å². The van der Waals surface area contributed by atoms with Crippen LogP contribution in [0.1, 0.15) is 11.3 Å². The van der Waals surface area contributed by atoms with E-state index in [0.717, 1.165) is 23.9 Å². The number of benzene rings is 1. The summed E-state index contributed by atoms with van der Waals surface area (Å²) in [6.45, 7) is 1.14. The molecule has 1 aromatic heterocycles. The maximum Gasteiger partial charge on any atom is 0.229 e. The summed E-state index contributed by atoms with van der Waals surface area (Å²) in [6.07, 6.45) is 3.69. The van der Waals surface area contributed by atoms with Gasteiger partial charge in [-0.2, -0.15) is 0 Å². The van der Waals surface area contributed by atoms with Crippen molar-refractivity contribution in [3.05, 3.63) is 59.9 Å². The molecule has 1 aromatic carbocycles. The van der Waals surface area contributed by atoms with E-state index in [4.69, 9.17) is 0 Å². The van der Waals surface area contributed by atoms with Gasteiger partial charge in [-0.1, -0.05) is 24.3 Å². The second-order valence-electron chi connectivity index (χ2n) is 5.45. The number of aromatic nitrogens is 1. The number of aliphatic imine (C=N–C) groups is 1. The molecule has 3 N–H and O–H groups in total. The normalized spacial score (nSPS) is 11.4. The van der Waals surface area contributed by atoms with Gasteiger partial charge in [0.1, 0.15) is 0 Å². The third-order valence-corrected chi connectivity index (χ3v) is 3.97. The Morgan fingerprint density at radius 1 is 1.12 bits per heavy atom. The molecular weight excluding hydrogens is 465 g/mol. The lowest BCUT2D eigenvalue weighted by atomic mass is 10.2. The number of anilines is 1. The number of nitrogens with one attached hydrogen (secondary N) is 3. The Bertz CT molecular complexity index is 813. The maximum atomic E-state index is 11.4. The summed E-state index contributed by atoms with van der Waals surface area (Å²) >= 11 is 0. The number of rotatable bonds is 7. The van der Waals surface area contributed by atoms with Gasteiger partial charge in [0, 0.05) is 38.4 Å². The van der Waals surface area contributed by atoms with Crippen molar-refractivity contribution in [3.8, 4) is 0 Å². The van der Waals surface area contributed by atoms with Gasteiger partial charge in [0.2, 0.25) is 10.0 Å². The van der Waals surface area contributed by atoms with Crippen molar-refractivity contribution in [2.24, 2.45) is 4.99 Å². The van der Waals surface area contributed by atoms with Crippen molar-refractivity contribution in [1.82, 2.24) is 15.6 Å². The van der Waals surface area contributed by atoms with E-state index in [9.17, 15) is 8.42 Å². The van der Waals surface area contributed by atoms with E-state index in [2.05, 4.69) is 25.3 Å². The van der Waals surface area contributed by atoms with E-state index in [0.29, 0.717) is 24.7 Å². The molecule has 2 rings (SSSR count). The van der Waals surface area contributed by atoms with Gasteiger partial charge in [-0.15, -0.1) is 24.0 Å². The highest BCUT2D eigenvalue weighted by Crippen LogP contribution is 2.15. The van der Waals surface area contributed by atoms with E-state index in [1.165, 1.54) is 0 Å². The lowest BCUT2D eigenvalue weighted by Gasteiger charge is -2.14. The molecule has 0 aliphatic carbocycles. The van der Waals surface area contributed by atoms with Crippen LogP contribution in [0.5, 0.6) is 0 Å². The van der Waals surface area contributed by atoms with Gasteiger partial charge >= 0.3 is 0 Å². The summed E-state index contributed by atoms with van der Waals surface area (Å²) in [5.74, 6) is 0.644. The lowest BCUT2D eigenvalue weighted by Crippen LogP contribution is -2.38. The summed E-state index contributed by atoms with van der Waals surface area (Å²) < 4.78 is 25.4. The number of para-hydroxylation sites is 1. The molecule has 0 bridgehead atoms. The minimum absolute atomic E-state index is 0. The zero-order valence-electron chi connectivity index (χ0n) is 14.8. The van der Waals surface area contributed by atoms with Crippen LogP contribution in [0.25, 0.3) is 0 Å². The zero-order chi connectivity index (χ0) is 18.1. The zero-order valence-corrected chi connectivity index (χ0v) is 17.9. The van der Waals surface area contributed by atoms with Gasteiger partial charge in [-0.05, 0) is 23.8 Å². The monoisotopic (exact) mass is 489 g/mol. The average Bonchev–Trinajstić information content (AvgIpc) is 2.58. The molecule has 2 aromatic rings. The minimum atomic E-state index is -3.32. The van der Waals surface area contributed by atoms with E-state index in [1.54, 1.807) is 25.4 Å². The lowest BCUT2D eigenvalue weighted by molar-refractivity contribution is 0.606. The van der Waals surface area contributed by atoms with Crippen LogP contribution in [0.3, 0.4) is 0 Å². The Labute approximate surface area is 171 Å². The van der Waals surface area contributed by atoms with Crippen LogP contribution < -0.4 is 15.4 Å². The number of sulfonamides is 1. The molecule has 9 heteroatoms. The second-order valence-corrected chi connectivity index (χ2v) is 7.20. The highest BCUT2D eigenvalue weighted by Gasteiger charge is 2.07. The molecule has 0 spiro atoms. The van der Waals surface area contributed by atoms with Crippen LogP contribution in [-0.4, -0.2) is 39.2 Å². The number of pyridine rings is 1. The third-order valence-electron chi connectivity index (χ3n) is 3.38. The molecule has 7 nitrogen and oxygen atoms in total. The predicted molar refractivity (Wildman–Crippen MR) is 116 cm³/mol. The third kappa shape index (κ3) is 8.00. The highest BCUT2D eigenvalue weighted by atomic mass is 127. The Hall–Kier alpha value is -1.88. The fourth-order valence-electron chi connectivity index (χ4n) is 2.23. The van der Waals surface area contributed by atoms with Gasteiger partial charge in [-0.25, -0.2) is 8.42 Å². The fourth-order valence-corrected chi connectivity index (χ4v) is 2.83. The molecule has 0 unspecified atom stereocenters. The molecule has 0 aliphatic heterocycles. The van der Waals surface area contributed by atoms with Crippen molar-refractivity contribution in [2.75, 3.05) is 24.6 Å². The topological polar surface area (TPSA) is 95.5 Å². The largest absolute Gasteiger partial charge is 0.356 e. The first-order valence-electron chi connectivity index (χ1n) is 7.88. The second kappa shape index (κ2) is 11.0. The highest BCUT2D eigenvalue weighted by molar-refractivity contribution is 14.0. The molecule has 0 saturated heterocycles. The van der Waals surface area contributed by atoms with Crippen LogP contribution in [0.15, 0.2) is 53.7 Å². The Balaban J connectivity index is 0.00000338. The number of hydrogen-bond donors (Lipinski definition) is 3. The molecular formula is C17H24IN5O2S. The first-order valence-corrected chi connectivity index (χ1v) is 9.77. The van der Waals surface area contributed by atoms with Crippen LogP contribution in [0.4, 0.5) is 5.69 Å². The van der Waals surface area contributed by atoms with E-state index < -0.39 is 10.0 Å². The Morgan fingerprint density at radius 3 is 2.50 bits per heavy atom. The van der Waals surface area contributed by atoms with Gasteiger partial charge in [0.25, 0.3) is 0 Å². The number of nitrogens with zero attached hydrogens (tertiary/aromatic N) is 2. The van der Waals surface area contributed by atoms with Gasteiger partial charge in [-0.3, -0.25) is 14.7 Å². The molecule has 0 atom stereocenters. The molecule has 0 saturated carbocycles.